The van der Waals surface area contributed by atoms with Crippen LogP contribution in [0.25, 0.3) is 0 Å². The van der Waals surface area contributed by atoms with E-state index in [0.29, 0.717) is 6.42 Å². The Morgan fingerprint density at radius 2 is 1.10 bits per heavy atom. The molecular weight excluding hydrogens is 561 g/mol. The molecule has 0 aliphatic heterocycles. The van der Waals surface area contributed by atoms with Crippen LogP contribution in [0, 0.1) is 0 Å². The summed E-state index contributed by atoms with van der Waals surface area (Å²) < 4.78 is 26.0. The number of carbonyl (C=O) groups excluding carboxylic acids is 1. The Kier molecular flexibility index (Phi) is 22.4. The summed E-state index contributed by atoms with van der Waals surface area (Å²) in [5, 5.41) is 58.4. The minimum absolute atomic E-state index is 0. The van der Waals surface area contributed by atoms with Gasteiger partial charge in [-0.05, 0) is 6.42 Å². The van der Waals surface area contributed by atoms with Gasteiger partial charge in [0.1, 0.15) is 49.3 Å². The van der Waals surface area contributed by atoms with Gasteiger partial charge in [0.25, 0.3) is 7.82 Å². The Labute approximate surface area is 244 Å². The van der Waals surface area contributed by atoms with Crippen LogP contribution in [-0.2, 0) is 23.1 Å². The molecule has 1 aliphatic rings. The molecule has 0 amide bonds. The number of quaternary nitrogens is 1. The Bertz CT molecular complexity index is 702. The standard InChI is InChI=1S/C27H53O12P.H3N/c1-2-3-4-5-6-7-8-9-10-11-12-13-14-15-16-17-21(29)37-18-20(28)19-38-40(35,36)39-27-25(33)23(31)22(30)24(32)26(27)34;/h20,22-28,30-34H,2-19H2,1H3,(H,35,36);1H3/t20-,22?,23-,24?,25?,26?,27?;/m1./s1. The summed E-state index contributed by atoms with van der Waals surface area (Å²) in [6.07, 6.45) is 4.90. The largest absolute Gasteiger partial charge is 0.756 e. The molecule has 0 spiro atoms. The van der Waals surface area contributed by atoms with Gasteiger partial charge >= 0.3 is 5.97 Å². The predicted octanol–water partition coefficient (Wildman–Crippen LogP) is 2.22. The van der Waals surface area contributed by atoms with Crippen molar-refractivity contribution in [2.75, 3.05) is 13.2 Å². The monoisotopic (exact) mass is 617 g/mol. The normalized spacial score (nSPS) is 26.6. The second-order valence-corrected chi connectivity index (χ2v) is 12.2. The van der Waals surface area contributed by atoms with E-state index in [1.165, 1.54) is 70.6 Å². The molecule has 1 saturated carbocycles. The number of aliphatic hydroxyl groups is 6. The number of unbranched alkanes of at least 4 members (excludes halogenated alkanes) is 14. The third-order valence-corrected chi connectivity index (χ3v) is 8.14. The first kappa shape index (κ1) is 40.3. The van der Waals surface area contributed by atoms with Gasteiger partial charge in [0.05, 0.1) is 6.61 Å². The summed E-state index contributed by atoms with van der Waals surface area (Å²) in [5.41, 5.74) is 0. The lowest BCUT2D eigenvalue weighted by molar-refractivity contribution is -0.261. The molecule has 0 heterocycles. The molecule has 6 unspecified atom stereocenters. The maximum atomic E-state index is 12.0. The van der Waals surface area contributed by atoms with E-state index in [9.17, 15) is 44.9 Å². The fourth-order valence-electron chi connectivity index (χ4n) is 4.63. The average molecular weight is 618 g/mol. The first-order valence-corrected chi connectivity index (χ1v) is 16.3. The van der Waals surface area contributed by atoms with Crippen molar-refractivity contribution in [3.63, 3.8) is 0 Å². The van der Waals surface area contributed by atoms with Crippen molar-refractivity contribution >= 4 is 13.8 Å². The third-order valence-electron chi connectivity index (χ3n) is 7.17. The maximum absolute atomic E-state index is 12.0. The molecule has 8 atom stereocenters. The topological polar surface area (TPSA) is 243 Å². The zero-order valence-corrected chi connectivity index (χ0v) is 25.7. The number of aliphatic hydroxyl groups excluding tert-OH is 6. The van der Waals surface area contributed by atoms with E-state index in [4.69, 9.17) is 4.74 Å². The van der Waals surface area contributed by atoms with Crippen molar-refractivity contribution in [2.45, 2.75) is 152 Å². The van der Waals surface area contributed by atoms with E-state index in [2.05, 4.69) is 16.0 Å². The number of phosphoric acid groups is 1. The summed E-state index contributed by atoms with van der Waals surface area (Å²) in [6.45, 7) is 0.897. The van der Waals surface area contributed by atoms with E-state index >= 15 is 0 Å². The van der Waals surface area contributed by atoms with Crippen LogP contribution >= 0.6 is 7.82 Å². The van der Waals surface area contributed by atoms with Gasteiger partial charge in [-0.25, -0.2) is 0 Å². The van der Waals surface area contributed by atoms with E-state index in [0.717, 1.165) is 19.3 Å². The van der Waals surface area contributed by atoms with Gasteiger partial charge in [0.15, 0.2) is 0 Å². The van der Waals surface area contributed by atoms with Crippen molar-refractivity contribution in [1.29, 1.82) is 0 Å². The van der Waals surface area contributed by atoms with Gasteiger partial charge in [0.2, 0.25) is 0 Å². The number of carbonyl (C=O) groups is 1. The van der Waals surface area contributed by atoms with Crippen LogP contribution < -0.4 is 11.0 Å². The van der Waals surface area contributed by atoms with Crippen molar-refractivity contribution in [3.05, 3.63) is 0 Å². The third kappa shape index (κ3) is 17.3. The smallest absolute Gasteiger partial charge is 0.305 e. The highest BCUT2D eigenvalue weighted by Gasteiger charge is 2.50. The van der Waals surface area contributed by atoms with Gasteiger partial charge < -0.3 is 55.5 Å². The number of ether oxygens (including phenoxy) is 1. The molecule has 0 saturated heterocycles. The molecular formula is C27H56NO12P. The van der Waals surface area contributed by atoms with Gasteiger partial charge in [0, 0.05) is 6.42 Å². The molecule has 0 aromatic heterocycles. The first-order valence-electron chi connectivity index (χ1n) is 14.9. The first-order chi connectivity index (χ1) is 19.0. The summed E-state index contributed by atoms with van der Waals surface area (Å²) in [5.74, 6) is -0.523. The molecule has 0 aromatic carbocycles. The number of hydrogen-bond donors (Lipinski definition) is 7. The number of hydrogen-bond acceptors (Lipinski definition) is 12. The Morgan fingerprint density at radius 1 is 0.707 bits per heavy atom. The van der Waals surface area contributed by atoms with Crippen LogP contribution in [0.3, 0.4) is 0 Å². The number of rotatable bonds is 23. The summed E-state index contributed by atoms with van der Waals surface area (Å²) in [4.78, 5) is 23.9. The lowest BCUT2D eigenvalue weighted by Crippen LogP contribution is -2.64. The molecule has 0 bridgehead atoms. The van der Waals surface area contributed by atoms with Crippen molar-refractivity contribution < 1.29 is 58.7 Å². The molecule has 1 rings (SSSR count). The minimum atomic E-state index is -5.23. The second-order valence-electron chi connectivity index (χ2n) is 10.8. The highest BCUT2D eigenvalue weighted by Crippen LogP contribution is 2.43. The molecule has 13 nitrogen and oxygen atoms in total. The lowest BCUT2D eigenvalue weighted by atomic mass is 9.85. The van der Waals surface area contributed by atoms with Crippen LogP contribution in [0.5, 0.6) is 0 Å². The van der Waals surface area contributed by atoms with E-state index in [-0.39, 0.29) is 12.6 Å². The van der Waals surface area contributed by atoms with Crippen LogP contribution in [0.4, 0.5) is 0 Å². The molecule has 14 heteroatoms. The average Bonchev–Trinajstić information content (AvgIpc) is 2.93. The molecule has 41 heavy (non-hydrogen) atoms. The zero-order chi connectivity index (χ0) is 30.0. The summed E-state index contributed by atoms with van der Waals surface area (Å²) in [6, 6.07) is 0. The zero-order valence-electron chi connectivity index (χ0n) is 24.8. The van der Waals surface area contributed by atoms with E-state index in [1.807, 2.05) is 0 Å². The van der Waals surface area contributed by atoms with E-state index < -0.39 is 69.7 Å². The van der Waals surface area contributed by atoms with Crippen LogP contribution in [0.15, 0.2) is 0 Å². The lowest BCUT2D eigenvalue weighted by Gasteiger charge is -2.43. The van der Waals surface area contributed by atoms with Crippen LogP contribution in [0.2, 0.25) is 0 Å². The minimum Gasteiger partial charge on any atom is -0.756 e. The van der Waals surface area contributed by atoms with Crippen molar-refractivity contribution in [2.24, 2.45) is 0 Å². The van der Waals surface area contributed by atoms with Gasteiger partial charge in [-0.2, -0.15) is 0 Å². The Balaban J connectivity index is 0.0000160. The molecule has 1 fully saturated rings. The highest BCUT2D eigenvalue weighted by molar-refractivity contribution is 7.45. The predicted molar refractivity (Wildman–Crippen MR) is 151 cm³/mol. The van der Waals surface area contributed by atoms with E-state index in [1.54, 1.807) is 0 Å². The summed E-state index contributed by atoms with van der Waals surface area (Å²) in [7, 11) is -5.23. The number of esters is 1. The van der Waals surface area contributed by atoms with Crippen LogP contribution in [-0.4, -0.2) is 92.5 Å². The van der Waals surface area contributed by atoms with Gasteiger partial charge in [-0.3, -0.25) is 9.36 Å². The van der Waals surface area contributed by atoms with Crippen molar-refractivity contribution in [1.82, 2.24) is 6.15 Å². The molecule has 10 N–H and O–H groups in total. The molecule has 0 aromatic rings. The Morgan fingerprint density at radius 3 is 1.54 bits per heavy atom. The number of phosphoric ester groups is 1. The molecule has 246 valence electrons. The van der Waals surface area contributed by atoms with Crippen molar-refractivity contribution in [3.8, 4) is 0 Å². The molecule has 1 aliphatic carbocycles. The highest BCUT2D eigenvalue weighted by atomic mass is 31.2. The van der Waals surface area contributed by atoms with Gasteiger partial charge in [-0.1, -0.05) is 96.8 Å². The van der Waals surface area contributed by atoms with Crippen LogP contribution in [0.1, 0.15) is 110 Å². The maximum Gasteiger partial charge on any atom is 0.305 e. The van der Waals surface area contributed by atoms with Gasteiger partial charge in [-0.15, -0.1) is 0 Å². The Hall–Kier alpha value is -0.700. The fraction of sp³-hybridized carbons (Fsp3) is 0.963. The SMILES string of the molecule is CCCCCCCCCCCCCCCCCC(=O)OC[C@@H](O)COP(=O)([O-])OC1C(O)C(O)C(O)[C@@H](O)C1O.[NH4+]. The second kappa shape index (κ2) is 22.8. The summed E-state index contributed by atoms with van der Waals surface area (Å²) >= 11 is 0. The fourth-order valence-corrected chi connectivity index (χ4v) is 5.59. The quantitative estimate of drug-likeness (QED) is 0.0496. The molecule has 0 radical (unpaired) electrons.